The van der Waals surface area contributed by atoms with E-state index in [4.69, 9.17) is 0 Å². The van der Waals surface area contributed by atoms with Crippen molar-refractivity contribution >= 4 is 17.6 Å². The molecule has 3 aliphatic rings. The van der Waals surface area contributed by atoms with Crippen LogP contribution in [0.1, 0.15) is 25.0 Å². The SMILES string of the molecule is CSc1nc(C)cc(N2CC(N3CC4CCCC4C3)C2)n1. The van der Waals surface area contributed by atoms with Gasteiger partial charge in [-0.2, -0.15) is 0 Å². The van der Waals surface area contributed by atoms with E-state index in [0.29, 0.717) is 0 Å². The van der Waals surface area contributed by atoms with Gasteiger partial charge in [0.25, 0.3) is 0 Å². The second-order valence-corrected chi connectivity index (χ2v) is 7.59. The molecule has 1 aromatic rings. The van der Waals surface area contributed by atoms with Crippen molar-refractivity contribution in [3.8, 4) is 0 Å². The molecule has 0 spiro atoms. The highest BCUT2D eigenvalue weighted by Gasteiger charge is 2.42. The normalized spacial score (nSPS) is 29.7. The lowest BCUT2D eigenvalue weighted by molar-refractivity contribution is 0.189. The first-order valence-electron chi connectivity index (χ1n) is 8.11. The van der Waals surface area contributed by atoms with Gasteiger partial charge >= 0.3 is 0 Å². The summed E-state index contributed by atoms with van der Waals surface area (Å²) in [6.45, 7) is 7.04. The zero-order valence-electron chi connectivity index (χ0n) is 13.0. The van der Waals surface area contributed by atoms with Crippen LogP contribution in [0.5, 0.6) is 0 Å². The molecule has 1 saturated carbocycles. The van der Waals surface area contributed by atoms with E-state index < -0.39 is 0 Å². The minimum Gasteiger partial charge on any atom is -0.353 e. The van der Waals surface area contributed by atoms with Crippen molar-refractivity contribution < 1.29 is 0 Å². The molecule has 2 aliphatic heterocycles. The van der Waals surface area contributed by atoms with E-state index >= 15 is 0 Å². The van der Waals surface area contributed by atoms with Gasteiger partial charge in [-0.3, -0.25) is 4.90 Å². The molecular formula is C16H24N4S. The number of nitrogens with zero attached hydrogens (tertiary/aromatic N) is 4. The topological polar surface area (TPSA) is 32.3 Å². The summed E-state index contributed by atoms with van der Waals surface area (Å²) in [7, 11) is 0. The van der Waals surface area contributed by atoms with Crippen molar-refractivity contribution in [1.82, 2.24) is 14.9 Å². The molecule has 2 atom stereocenters. The van der Waals surface area contributed by atoms with Crippen LogP contribution >= 0.6 is 11.8 Å². The van der Waals surface area contributed by atoms with Gasteiger partial charge in [-0.1, -0.05) is 18.2 Å². The van der Waals surface area contributed by atoms with Gasteiger partial charge in [0.15, 0.2) is 5.16 Å². The Hall–Kier alpha value is -0.810. The number of aromatic nitrogens is 2. The molecule has 3 heterocycles. The third kappa shape index (κ3) is 2.55. The van der Waals surface area contributed by atoms with E-state index in [0.717, 1.165) is 47.6 Å². The van der Waals surface area contributed by atoms with Crippen LogP contribution in [-0.4, -0.2) is 53.3 Å². The van der Waals surface area contributed by atoms with Crippen molar-refractivity contribution in [2.75, 3.05) is 37.3 Å². The highest BCUT2D eigenvalue weighted by Crippen LogP contribution is 2.39. The monoisotopic (exact) mass is 304 g/mol. The Morgan fingerprint density at radius 3 is 2.48 bits per heavy atom. The van der Waals surface area contributed by atoms with Gasteiger partial charge in [0.1, 0.15) is 5.82 Å². The van der Waals surface area contributed by atoms with Crippen LogP contribution in [0.25, 0.3) is 0 Å². The van der Waals surface area contributed by atoms with Crippen molar-refractivity contribution in [2.45, 2.75) is 37.4 Å². The Morgan fingerprint density at radius 2 is 1.81 bits per heavy atom. The van der Waals surface area contributed by atoms with Gasteiger partial charge in [-0.25, -0.2) is 9.97 Å². The molecule has 1 aliphatic carbocycles. The molecule has 21 heavy (non-hydrogen) atoms. The molecule has 0 aromatic carbocycles. The lowest BCUT2D eigenvalue weighted by Crippen LogP contribution is -2.59. The maximum Gasteiger partial charge on any atom is 0.189 e. The Morgan fingerprint density at radius 1 is 1.10 bits per heavy atom. The Balaban J connectivity index is 1.38. The van der Waals surface area contributed by atoms with Gasteiger partial charge in [0, 0.05) is 44.0 Å². The van der Waals surface area contributed by atoms with Crippen LogP contribution in [0.15, 0.2) is 11.2 Å². The third-order valence-electron chi connectivity index (χ3n) is 5.46. The molecule has 3 fully saturated rings. The maximum atomic E-state index is 4.65. The van der Waals surface area contributed by atoms with Gasteiger partial charge < -0.3 is 4.90 Å². The summed E-state index contributed by atoms with van der Waals surface area (Å²) >= 11 is 1.63. The molecule has 0 N–H and O–H groups in total. The first-order valence-corrected chi connectivity index (χ1v) is 9.34. The number of anilines is 1. The van der Waals surface area contributed by atoms with Crippen LogP contribution in [0.3, 0.4) is 0 Å². The van der Waals surface area contributed by atoms with Crippen molar-refractivity contribution in [2.24, 2.45) is 11.8 Å². The average molecular weight is 304 g/mol. The van der Waals surface area contributed by atoms with E-state index in [1.807, 2.05) is 6.26 Å². The van der Waals surface area contributed by atoms with E-state index in [-0.39, 0.29) is 0 Å². The quantitative estimate of drug-likeness (QED) is 0.632. The fourth-order valence-electron chi connectivity index (χ4n) is 4.22. The largest absolute Gasteiger partial charge is 0.353 e. The molecular weight excluding hydrogens is 280 g/mol. The van der Waals surface area contributed by atoms with Gasteiger partial charge in [0.2, 0.25) is 0 Å². The Bertz CT molecular complexity index is 517. The zero-order valence-corrected chi connectivity index (χ0v) is 13.8. The molecule has 4 rings (SSSR count). The molecule has 0 radical (unpaired) electrons. The van der Waals surface area contributed by atoms with Crippen molar-refractivity contribution in [1.29, 1.82) is 0 Å². The molecule has 4 nitrogen and oxygen atoms in total. The number of hydrogen-bond acceptors (Lipinski definition) is 5. The predicted molar refractivity (Wildman–Crippen MR) is 87.0 cm³/mol. The van der Waals surface area contributed by atoms with Gasteiger partial charge in [-0.15, -0.1) is 0 Å². The first kappa shape index (κ1) is 13.8. The highest BCUT2D eigenvalue weighted by atomic mass is 32.2. The molecule has 1 aromatic heterocycles. The van der Waals surface area contributed by atoms with Gasteiger partial charge in [0.05, 0.1) is 0 Å². The van der Waals surface area contributed by atoms with Crippen LogP contribution in [0.2, 0.25) is 0 Å². The molecule has 0 amide bonds. The second-order valence-electron chi connectivity index (χ2n) is 6.82. The number of hydrogen-bond donors (Lipinski definition) is 0. The zero-order chi connectivity index (χ0) is 14.4. The molecule has 2 saturated heterocycles. The van der Waals surface area contributed by atoms with Crippen LogP contribution in [0, 0.1) is 18.8 Å². The Labute approximate surface area is 131 Å². The number of likely N-dealkylation sites (tertiary alicyclic amines) is 1. The second kappa shape index (κ2) is 5.43. The van der Waals surface area contributed by atoms with E-state index in [1.165, 1.54) is 32.4 Å². The van der Waals surface area contributed by atoms with E-state index in [2.05, 4.69) is 32.8 Å². The average Bonchev–Trinajstić information content (AvgIpc) is 2.97. The third-order valence-corrected chi connectivity index (χ3v) is 6.01. The highest BCUT2D eigenvalue weighted by molar-refractivity contribution is 7.98. The summed E-state index contributed by atoms with van der Waals surface area (Å²) in [5.74, 6) is 3.12. The number of aryl methyl sites for hydroxylation is 1. The smallest absolute Gasteiger partial charge is 0.189 e. The van der Waals surface area contributed by atoms with Crippen molar-refractivity contribution in [3.63, 3.8) is 0 Å². The van der Waals surface area contributed by atoms with Crippen LogP contribution in [0.4, 0.5) is 5.82 Å². The fourth-order valence-corrected chi connectivity index (χ4v) is 4.64. The lowest BCUT2D eigenvalue weighted by atomic mass is 10.0. The van der Waals surface area contributed by atoms with Crippen molar-refractivity contribution in [3.05, 3.63) is 11.8 Å². The van der Waals surface area contributed by atoms with Crippen LogP contribution < -0.4 is 4.90 Å². The molecule has 5 heteroatoms. The molecule has 0 bridgehead atoms. The van der Waals surface area contributed by atoms with E-state index in [9.17, 15) is 0 Å². The summed E-state index contributed by atoms with van der Waals surface area (Å²) in [6.07, 6.45) is 6.46. The summed E-state index contributed by atoms with van der Waals surface area (Å²) < 4.78 is 0. The minimum atomic E-state index is 0.753. The molecule has 2 unspecified atom stereocenters. The fraction of sp³-hybridized carbons (Fsp3) is 0.750. The summed E-state index contributed by atoms with van der Waals surface area (Å²) in [5, 5.41) is 0.893. The standard InChI is InChI=1S/C16H24N4S/c1-11-6-15(18-16(17-11)21-2)20-9-14(10-20)19-7-12-4-3-5-13(12)8-19/h6,12-14H,3-5,7-10H2,1-2H3. The maximum absolute atomic E-state index is 4.65. The molecule has 114 valence electrons. The number of rotatable bonds is 3. The number of thioether (sulfide) groups is 1. The lowest BCUT2D eigenvalue weighted by Gasteiger charge is -2.45. The first-order chi connectivity index (χ1) is 10.2. The Kier molecular flexibility index (Phi) is 3.58. The summed E-state index contributed by atoms with van der Waals surface area (Å²) in [4.78, 5) is 14.2. The van der Waals surface area contributed by atoms with Gasteiger partial charge in [-0.05, 0) is 37.9 Å². The minimum absolute atomic E-state index is 0.753. The predicted octanol–water partition coefficient (Wildman–Crippen LogP) is 2.43. The number of fused-ring (bicyclic) bond motifs is 1. The summed E-state index contributed by atoms with van der Waals surface area (Å²) in [6, 6.07) is 2.87. The van der Waals surface area contributed by atoms with E-state index in [1.54, 1.807) is 11.8 Å². The summed E-state index contributed by atoms with van der Waals surface area (Å²) in [5.41, 5.74) is 1.07. The van der Waals surface area contributed by atoms with Crippen LogP contribution in [-0.2, 0) is 0 Å².